The number of nitrogens with zero attached hydrogens (tertiary/aromatic N) is 1. The number of carbonyl (C=O) groups excluding carboxylic acids is 1. The summed E-state index contributed by atoms with van der Waals surface area (Å²) in [7, 11) is 0. The van der Waals surface area contributed by atoms with Crippen molar-refractivity contribution < 1.29 is 4.79 Å². The van der Waals surface area contributed by atoms with Crippen LogP contribution in [0.4, 0.5) is 0 Å². The fourth-order valence-corrected chi connectivity index (χ4v) is 2.44. The molecule has 0 unspecified atom stereocenters. The average molecular weight is 249 g/mol. The number of rotatable bonds is 2. The predicted molar refractivity (Wildman–Crippen MR) is 77.5 cm³/mol. The molecule has 3 aromatic rings. The van der Waals surface area contributed by atoms with E-state index in [-0.39, 0.29) is 5.91 Å². The highest BCUT2D eigenvalue weighted by atomic mass is 16.2. The smallest absolute Gasteiger partial charge is 0.262 e. The Morgan fingerprint density at radius 2 is 1.79 bits per heavy atom. The number of fused-ring (bicyclic) bond motifs is 1. The SMILES string of the molecule is CCc1cccc2c1ccn2C(=O)c1ccccc1. The van der Waals surface area contributed by atoms with Crippen molar-refractivity contribution in [2.24, 2.45) is 0 Å². The zero-order chi connectivity index (χ0) is 13.2. The van der Waals surface area contributed by atoms with E-state index >= 15 is 0 Å². The molecule has 0 saturated heterocycles. The van der Waals surface area contributed by atoms with E-state index < -0.39 is 0 Å². The molecule has 0 amide bonds. The van der Waals surface area contributed by atoms with Crippen molar-refractivity contribution >= 4 is 16.8 Å². The van der Waals surface area contributed by atoms with Gasteiger partial charge in [0.15, 0.2) is 0 Å². The minimum absolute atomic E-state index is 0.0175. The zero-order valence-corrected chi connectivity index (χ0v) is 10.8. The van der Waals surface area contributed by atoms with Gasteiger partial charge in [-0.3, -0.25) is 9.36 Å². The second-order valence-corrected chi connectivity index (χ2v) is 4.56. The molecule has 0 aliphatic heterocycles. The molecule has 19 heavy (non-hydrogen) atoms. The average Bonchev–Trinajstić information content (AvgIpc) is 2.91. The van der Waals surface area contributed by atoms with Gasteiger partial charge in [-0.05, 0) is 36.2 Å². The van der Waals surface area contributed by atoms with Crippen molar-refractivity contribution in [1.82, 2.24) is 4.57 Å². The van der Waals surface area contributed by atoms with Crippen molar-refractivity contribution in [3.63, 3.8) is 0 Å². The fraction of sp³-hybridized carbons (Fsp3) is 0.118. The van der Waals surface area contributed by atoms with Gasteiger partial charge in [-0.15, -0.1) is 0 Å². The molecule has 2 nitrogen and oxygen atoms in total. The van der Waals surface area contributed by atoms with Gasteiger partial charge < -0.3 is 0 Å². The largest absolute Gasteiger partial charge is 0.283 e. The molecule has 0 atom stereocenters. The van der Waals surface area contributed by atoms with Gasteiger partial charge in [0.1, 0.15) is 0 Å². The molecule has 2 heteroatoms. The van der Waals surface area contributed by atoms with E-state index in [1.807, 2.05) is 54.7 Å². The van der Waals surface area contributed by atoms with Crippen molar-refractivity contribution in [1.29, 1.82) is 0 Å². The van der Waals surface area contributed by atoms with Crippen molar-refractivity contribution in [2.45, 2.75) is 13.3 Å². The number of aromatic nitrogens is 1. The molecule has 3 rings (SSSR count). The van der Waals surface area contributed by atoms with E-state index in [2.05, 4.69) is 13.0 Å². The van der Waals surface area contributed by atoms with Crippen LogP contribution in [0.5, 0.6) is 0 Å². The predicted octanol–water partition coefficient (Wildman–Crippen LogP) is 3.89. The van der Waals surface area contributed by atoms with Crippen molar-refractivity contribution in [3.05, 3.63) is 71.9 Å². The third-order valence-electron chi connectivity index (χ3n) is 3.44. The first-order valence-corrected chi connectivity index (χ1v) is 6.50. The molecule has 0 bridgehead atoms. The van der Waals surface area contributed by atoms with Crippen molar-refractivity contribution in [3.8, 4) is 0 Å². The molecular formula is C17H15NO. The van der Waals surface area contributed by atoms with E-state index in [1.54, 1.807) is 4.57 Å². The molecule has 0 saturated carbocycles. The molecule has 0 aliphatic carbocycles. The molecule has 2 aromatic carbocycles. The topological polar surface area (TPSA) is 22.0 Å². The maximum absolute atomic E-state index is 12.5. The number of aryl methyl sites for hydroxylation is 1. The van der Waals surface area contributed by atoms with Crippen LogP contribution in [-0.2, 0) is 6.42 Å². The Balaban J connectivity index is 2.14. The highest BCUT2D eigenvalue weighted by Gasteiger charge is 2.11. The van der Waals surface area contributed by atoms with Crippen LogP contribution in [0, 0.1) is 0 Å². The number of hydrogen-bond acceptors (Lipinski definition) is 1. The number of benzene rings is 2. The first kappa shape index (κ1) is 11.7. The summed E-state index contributed by atoms with van der Waals surface area (Å²) in [5.41, 5.74) is 2.97. The Kier molecular flexibility index (Phi) is 2.92. The van der Waals surface area contributed by atoms with Crippen LogP contribution >= 0.6 is 0 Å². The Hall–Kier alpha value is -2.35. The van der Waals surface area contributed by atoms with Crippen LogP contribution in [0.15, 0.2) is 60.8 Å². The molecule has 1 heterocycles. The van der Waals surface area contributed by atoms with Gasteiger partial charge in [-0.25, -0.2) is 0 Å². The van der Waals surface area contributed by atoms with Crippen LogP contribution in [0.25, 0.3) is 10.9 Å². The lowest BCUT2D eigenvalue weighted by Crippen LogP contribution is -2.10. The fourth-order valence-electron chi connectivity index (χ4n) is 2.44. The summed E-state index contributed by atoms with van der Waals surface area (Å²) in [6.07, 6.45) is 2.83. The number of hydrogen-bond donors (Lipinski definition) is 0. The lowest BCUT2D eigenvalue weighted by Gasteiger charge is -2.05. The monoisotopic (exact) mass is 249 g/mol. The summed E-state index contributed by atoms with van der Waals surface area (Å²) < 4.78 is 1.73. The van der Waals surface area contributed by atoms with E-state index in [1.165, 1.54) is 5.56 Å². The van der Waals surface area contributed by atoms with Crippen LogP contribution in [-0.4, -0.2) is 10.5 Å². The highest BCUT2D eigenvalue weighted by molar-refractivity contribution is 6.02. The van der Waals surface area contributed by atoms with Gasteiger partial charge >= 0.3 is 0 Å². The Bertz CT molecular complexity index is 725. The lowest BCUT2D eigenvalue weighted by atomic mass is 10.1. The van der Waals surface area contributed by atoms with E-state index in [0.717, 1.165) is 17.3 Å². The minimum atomic E-state index is 0.0175. The summed E-state index contributed by atoms with van der Waals surface area (Å²) in [6.45, 7) is 2.13. The Morgan fingerprint density at radius 3 is 2.53 bits per heavy atom. The van der Waals surface area contributed by atoms with Crippen LogP contribution in [0.3, 0.4) is 0 Å². The van der Waals surface area contributed by atoms with Gasteiger partial charge in [-0.2, -0.15) is 0 Å². The second kappa shape index (κ2) is 4.73. The maximum atomic E-state index is 12.5. The molecule has 0 spiro atoms. The first-order valence-electron chi connectivity index (χ1n) is 6.50. The molecule has 0 radical (unpaired) electrons. The van der Waals surface area contributed by atoms with Gasteiger partial charge in [0.05, 0.1) is 5.52 Å². The molecule has 0 aliphatic rings. The summed E-state index contributed by atoms with van der Waals surface area (Å²) in [4.78, 5) is 12.5. The third kappa shape index (κ3) is 1.95. The quantitative estimate of drug-likeness (QED) is 0.675. The van der Waals surface area contributed by atoms with E-state index in [9.17, 15) is 4.79 Å². The standard InChI is InChI=1S/C17H15NO/c1-2-13-9-6-10-16-15(13)11-12-18(16)17(19)14-7-4-3-5-8-14/h3-12H,2H2,1H3. The molecule has 0 N–H and O–H groups in total. The molecule has 0 fully saturated rings. The van der Waals surface area contributed by atoms with Crippen LogP contribution in [0.2, 0.25) is 0 Å². The van der Waals surface area contributed by atoms with E-state index in [0.29, 0.717) is 5.56 Å². The van der Waals surface area contributed by atoms with Crippen molar-refractivity contribution in [2.75, 3.05) is 0 Å². The third-order valence-corrected chi connectivity index (χ3v) is 3.44. The van der Waals surface area contributed by atoms with E-state index in [4.69, 9.17) is 0 Å². The summed E-state index contributed by atoms with van der Waals surface area (Å²) in [5.74, 6) is 0.0175. The zero-order valence-electron chi connectivity index (χ0n) is 10.8. The Labute approximate surface area is 112 Å². The first-order chi connectivity index (χ1) is 9.31. The molecule has 1 aromatic heterocycles. The summed E-state index contributed by atoms with van der Waals surface area (Å²) >= 11 is 0. The van der Waals surface area contributed by atoms with Gasteiger partial charge in [-0.1, -0.05) is 37.3 Å². The second-order valence-electron chi connectivity index (χ2n) is 4.56. The minimum Gasteiger partial charge on any atom is -0.283 e. The van der Waals surface area contributed by atoms with Gasteiger partial charge in [0, 0.05) is 17.1 Å². The summed E-state index contributed by atoms with van der Waals surface area (Å²) in [6, 6.07) is 17.5. The highest BCUT2D eigenvalue weighted by Crippen LogP contribution is 2.21. The Morgan fingerprint density at radius 1 is 1.00 bits per heavy atom. The number of carbonyl (C=O) groups is 1. The molecule has 94 valence electrons. The van der Waals surface area contributed by atoms with Crippen LogP contribution < -0.4 is 0 Å². The summed E-state index contributed by atoms with van der Waals surface area (Å²) in [5, 5.41) is 1.16. The molecular weight excluding hydrogens is 234 g/mol. The van der Waals surface area contributed by atoms with Gasteiger partial charge in [0.25, 0.3) is 5.91 Å². The van der Waals surface area contributed by atoms with Crippen LogP contribution in [0.1, 0.15) is 22.8 Å². The normalized spacial score (nSPS) is 10.8. The van der Waals surface area contributed by atoms with Gasteiger partial charge in [0.2, 0.25) is 0 Å². The maximum Gasteiger partial charge on any atom is 0.262 e. The lowest BCUT2D eigenvalue weighted by molar-refractivity contribution is 0.0965.